The van der Waals surface area contributed by atoms with E-state index >= 15 is 0 Å². The zero-order chi connectivity index (χ0) is 15.7. The van der Waals surface area contributed by atoms with Crippen molar-refractivity contribution in [2.45, 2.75) is 13.0 Å². The normalized spacial score (nSPS) is 15.0. The number of fused-ring (bicyclic) bond motifs is 1. The highest BCUT2D eigenvalue weighted by molar-refractivity contribution is 9.10. The van der Waals surface area contributed by atoms with E-state index in [2.05, 4.69) is 20.9 Å². The standard InChI is InChI=1S/C16H15BrN2O3/c1-10(11-3-5-18-6-4-11)19-13-8-14(21-2)12(17)7-15(13)22-9-16(19)20/h3-8,10H,9H2,1-2H3. The van der Waals surface area contributed by atoms with Crippen molar-refractivity contribution in [1.29, 1.82) is 0 Å². The first-order valence-electron chi connectivity index (χ1n) is 6.84. The first kappa shape index (κ1) is 14.8. The van der Waals surface area contributed by atoms with E-state index in [0.717, 1.165) is 10.0 Å². The minimum absolute atomic E-state index is 0.0290. The number of ether oxygens (including phenoxy) is 2. The molecule has 1 amide bonds. The van der Waals surface area contributed by atoms with Gasteiger partial charge in [0.25, 0.3) is 5.91 Å². The number of halogens is 1. The van der Waals surface area contributed by atoms with E-state index < -0.39 is 0 Å². The molecule has 3 rings (SSSR count). The molecule has 5 nitrogen and oxygen atoms in total. The number of anilines is 1. The van der Waals surface area contributed by atoms with Crippen molar-refractivity contribution in [3.05, 3.63) is 46.7 Å². The first-order valence-corrected chi connectivity index (χ1v) is 7.63. The Morgan fingerprint density at radius 1 is 1.36 bits per heavy atom. The summed E-state index contributed by atoms with van der Waals surface area (Å²) in [6, 6.07) is 7.33. The summed E-state index contributed by atoms with van der Waals surface area (Å²) < 4.78 is 11.7. The number of amides is 1. The smallest absolute Gasteiger partial charge is 0.265 e. The molecule has 2 heterocycles. The number of rotatable bonds is 3. The number of pyridine rings is 1. The number of hydrogen-bond acceptors (Lipinski definition) is 4. The van der Waals surface area contributed by atoms with Crippen molar-refractivity contribution in [2.24, 2.45) is 0 Å². The zero-order valence-electron chi connectivity index (χ0n) is 12.2. The minimum Gasteiger partial charge on any atom is -0.495 e. The van der Waals surface area contributed by atoms with Gasteiger partial charge in [0.15, 0.2) is 6.61 Å². The van der Waals surface area contributed by atoms with Gasteiger partial charge in [0, 0.05) is 24.5 Å². The van der Waals surface area contributed by atoms with Gasteiger partial charge in [-0.25, -0.2) is 0 Å². The monoisotopic (exact) mass is 362 g/mol. The van der Waals surface area contributed by atoms with Crippen molar-refractivity contribution in [2.75, 3.05) is 18.6 Å². The molecule has 0 radical (unpaired) electrons. The SMILES string of the molecule is COc1cc2c(cc1Br)OCC(=O)N2C(C)c1ccncc1. The summed E-state index contributed by atoms with van der Waals surface area (Å²) in [5.74, 6) is 1.23. The lowest BCUT2D eigenvalue weighted by atomic mass is 10.1. The highest BCUT2D eigenvalue weighted by atomic mass is 79.9. The van der Waals surface area contributed by atoms with Crippen molar-refractivity contribution in [1.82, 2.24) is 4.98 Å². The van der Waals surface area contributed by atoms with Gasteiger partial charge in [-0.1, -0.05) is 0 Å². The Morgan fingerprint density at radius 2 is 2.09 bits per heavy atom. The summed E-state index contributed by atoms with van der Waals surface area (Å²) >= 11 is 3.44. The summed E-state index contributed by atoms with van der Waals surface area (Å²) in [5.41, 5.74) is 1.72. The minimum atomic E-state index is -0.121. The summed E-state index contributed by atoms with van der Waals surface area (Å²) in [6.07, 6.45) is 3.44. The molecule has 0 N–H and O–H groups in total. The molecule has 1 aliphatic heterocycles. The van der Waals surface area contributed by atoms with E-state index in [1.165, 1.54) is 0 Å². The fourth-order valence-electron chi connectivity index (χ4n) is 2.54. The van der Waals surface area contributed by atoms with Gasteiger partial charge in [0.2, 0.25) is 0 Å². The van der Waals surface area contributed by atoms with Gasteiger partial charge in [0.05, 0.1) is 23.3 Å². The third-order valence-corrected chi connectivity index (χ3v) is 4.31. The van der Waals surface area contributed by atoms with Crippen LogP contribution in [-0.4, -0.2) is 24.6 Å². The average Bonchev–Trinajstić information content (AvgIpc) is 2.55. The topological polar surface area (TPSA) is 51.7 Å². The second-order valence-electron chi connectivity index (χ2n) is 4.96. The van der Waals surface area contributed by atoms with Crippen LogP contribution in [-0.2, 0) is 4.79 Å². The number of hydrogen-bond donors (Lipinski definition) is 0. The number of carbonyl (C=O) groups is 1. The Hall–Kier alpha value is -2.08. The molecule has 1 unspecified atom stereocenters. The molecule has 0 saturated heterocycles. The van der Waals surface area contributed by atoms with Crippen LogP contribution < -0.4 is 14.4 Å². The van der Waals surface area contributed by atoms with Crippen molar-refractivity contribution in [3.8, 4) is 11.5 Å². The first-order chi connectivity index (χ1) is 10.6. The lowest BCUT2D eigenvalue weighted by molar-refractivity contribution is -0.121. The van der Waals surface area contributed by atoms with Gasteiger partial charge < -0.3 is 9.47 Å². The molecule has 2 aromatic rings. The van der Waals surface area contributed by atoms with Crippen LogP contribution in [0, 0.1) is 0 Å². The maximum absolute atomic E-state index is 12.4. The van der Waals surface area contributed by atoms with Crippen LogP contribution in [0.5, 0.6) is 11.5 Å². The van der Waals surface area contributed by atoms with E-state index in [0.29, 0.717) is 17.2 Å². The molecule has 22 heavy (non-hydrogen) atoms. The Bertz CT molecular complexity index is 706. The zero-order valence-corrected chi connectivity index (χ0v) is 13.8. The second-order valence-corrected chi connectivity index (χ2v) is 5.82. The van der Waals surface area contributed by atoms with Gasteiger partial charge in [-0.05, 0) is 40.5 Å². The highest BCUT2D eigenvalue weighted by Crippen LogP contribution is 2.43. The predicted molar refractivity (Wildman–Crippen MR) is 86.3 cm³/mol. The second kappa shape index (κ2) is 5.96. The number of methoxy groups -OCH3 is 1. The van der Waals surface area contributed by atoms with Crippen LogP contribution in [0.2, 0.25) is 0 Å². The van der Waals surface area contributed by atoms with E-state index in [1.807, 2.05) is 31.2 Å². The number of benzene rings is 1. The largest absolute Gasteiger partial charge is 0.495 e. The summed E-state index contributed by atoms with van der Waals surface area (Å²) in [7, 11) is 1.59. The van der Waals surface area contributed by atoms with E-state index in [4.69, 9.17) is 9.47 Å². The van der Waals surface area contributed by atoms with Gasteiger partial charge >= 0.3 is 0 Å². The van der Waals surface area contributed by atoms with Gasteiger partial charge in [-0.2, -0.15) is 0 Å². The predicted octanol–water partition coefficient (Wildman–Crippen LogP) is 3.34. The van der Waals surface area contributed by atoms with Crippen LogP contribution in [0.25, 0.3) is 0 Å². The van der Waals surface area contributed by atoms with Crippen molar-refractivity contribution >= 4 is 27.5 Å². The molecule has 0 aliphatic carbocycles. The maximum Gasteiger partial charge on any atom is 0.265 e. The van der Waals surface area contributed by atoms with Crippen LogP contribution in [0.1, 0.15) is 18.5 Å². The summed E-state index contributed by atoms with van der Waals surface area (Å²) in [4.78, 5) is 18.1. The fraction of sp³-hybridized carbons (Fsp3) is 0.250. The molecule has 1 aromatic heterocycles. The Morgan fingerprint density at radius 3 is 2.77 bits per heavy atom. The highest BCUT2D eigenvalue weighted by Gasteiger charge is 2.31. The number of nitrogens with zero attached hydrogens (tertiary/aromatic N) is 2. The molecule has 1 aliphatic rings. The lowest BCUT2D eigenvalue weighted by Gasteiger charge is -2.34. The van der Waals surface area contributed by atoms with E-state index in [9.17, 15) is 4.79 Å². The summed E-state index contributed by atoms with van der Waals surface area (Å²) in [6.45, 7) is 2.01. The van der Waals surface area contributed by atoms with Gasteiger partial charge in [-0.15, -0.1) is 0 Å². The Balaban J connectivity index is 2.07. The van der Waals surface area contributed by atoms with E-state index in [-0.39, 0.29) is 18.6 Å². The maximum atomic E-state index is 12.4. The molecule has 0 saturated carbocycles. The lowest BCUT2D eigenvalue weighted by Crippen LogP contribution is -2.40. The number of carbonyl (C=O) groups excluding carboxylic acids is 1. The van der Waals surface area contributed by atoms with E-state index in [1.54, 1.807) is 24.4 Å². The van der Waals surface area contributed by atoms with Crippen molar-refractivity contribution < 1.29 is 14.3 Å². The molecule has 1 aromatic carbocycles. The van der Waals surface area contributed by atoms with Crippen molar-refractivity contribution in [3.63, 3.8) is 0 Å². The average molecular weight is 363 g/mol. The summed E-state index contributed by atoms with van der Waals surface area (Å²) in [5, 5.41) is 0. The van der Waals surface area contributed by atoms with Crippen LogP contribution in [0.4, 0.5) is 5.69 Å². The van der Waals surface area contributed by atoms with Crippen LogP contribution >= 0.6 is 15.9 Å². The molecule has 114 valence electrons. The molecule has 1 atom stereocenters. The quantitative estimate of drug-likeness (QED) is 0.840. The van der Waals surface area contributed by atoms with Crippen LogP contribution in [0.15, 0.2) is 41.1 Å². The number of aromatic nitrogens is 1. The molecule has 0 bridgehead atoms. The third kappa shape index (κ3) is 2.54. The Kier molecular flexibility index (Phi) is 4.02. The molecule has 0 fully saturated rings. The molecule has 6 heteroatoms. The van der Waals surface area contributed by atoms with Gasteiger partial charge in [-0.3, -0.25) is 14.7 Å². The fourth-order valence-corrected chi connectivity index (χ4v) is 3.03. The molecular weight excluding hydrogens is 348 g/mol. The van der Waals surface area contributed by atoms with Gasteiger partial charge in [0.1, 0.15) is 11.5 Å². The molecule has 0 spiro atoms. The van der Waals surface area contributed by atoms with Crippen LogP contribution in [0.3, 0.4) is 0 Å². The third-order valence-electron chi connectivity index (χ3n) is 3.69. The Labute approximate surface area is 137 Å². The molecular formula is C16H15BrN2O3.